The number of carbonyl (C=O) groups is 1. The summed E-state index contributed by atoms with van der Waals surface area (Å²) in [7, 11) is 0. The minimum absolute atomic E-state index is 0.219. The highest BCUT2D eigenvalue weighted by atomic mass is 16.5. The van der Waals surface area contributed by atoms with E-state index in [2.05, 4.69) is 6.92 Å². The molecule has 2 bridgehead atoms. The van der Waals surface area contributed by atoms with Crippen LogP contribution in [0, 0.1) is 11.8 Å². The number of unbranched alkanes of at least 4 members (excludes halogenated alkanes) is 3. The van der Waals surface area contributed by atoms with Crippen molar-refractivity contribution in [3.63, 3.8) is 0 Å². The molecule has 1 amide bonds. The van der Waals surface area contributed by atoms with Crippen LogP contribution in [-0.2, 0) is 14.3 Å². The molecule has 0 aliphatic carbocycles. The number of hydrogen-bond acceptors (Lipinski definition) is 4. The molecular weight excluding hydrogens is 294 g/mol. The lowest BCUT2D eigenvalue weighted by molar-refractivity contribution is -0.128. The molecule has 2 aliphatic rings. The smallest absolute Gasteiger partial charge is 0.247 e. The van der Waals surface area contributed by atoms with Gasteiger partial charge in [-0.3, -0.25) is 10.0 Å². The lowest BCUT2D eigenvalue weighted by Gasteiger charge is -2.27. The van der Waals surface area contributed by atoms with E-state index in [9.17, 15) is 4.79 Å². The standard InChI is InChI=1S/C18H31NO4/c1-2-3-4-7-12-22-13-15-14(16-10-11-17(15)23-16)8-5-6-9-18(20)19-21/h5-6,14-17,21H,2-4,7-13H2,1H3,(H,19,20)/t14-,15+,16-,17+/m0/s1. The lowest BCUT2D eigenvalue weighted by Crippen LogP contribution is -2.30. The molecule has 0 saturated carbocycles. The highest BCUT2D eigenvalue weighted by Gasteiger charge is 2.48. The SMILES string of the molecule is CCCCCCOC[C@@H]1[C@H](CC=CCC(=O)NO)[C@@H]2CC[C@H]1O2. The summed E-state index contributed by atoms with van der Waals surface area (Å²) in [6.07, 6.45) is 12.9. The maximum Gasteiger partial charge on any atom is 0.247 e. The summed E-state index contributed by atoms with van der Waals surface area (Å²) in [4.78, 5) is 11.0. The first-order valence-electron chi connectivity index (χ1n) is 9.07. The maximum atomic E-state index is 11.0. The van der Waals surface area contributed by atoms with E-state index in [-0.39, 0.29) is 12.3 Å². The Kier molecular flexibility index (Phi) is 8.06. The van der Waals surface area contributed by atoms with E-state index in [4.69, 9.17) is 14.7 Å². The molecule has 132 valence electrons. The Hall–Kier alpha value is -0.910. The van der Waals surface area contributed by atoms with Gasteiger partial charge in [-0.2, -0.15) is 0 Å². The third kappa shape index (κ3) is 5.59. The minimum atomic E-state index is -0.377. The van der Waals surface area contributed by atoms with Crippen molar-refractivity contribution in [3.8, 4) is 0 Å². The Bertz CT molecular complexity index is 385. The number of carbonyl (C=O) groups excluding carboxylic acids is 1. The van der Waals surface area contributed by atoms with Gasteiger partial charge in [0.05, 0.1) is 18.8 Å². The average molecular weight is 325 g/mol. The van der Waals surface area contributed by atoms with Crippen LogP contribution in [-0.4, -0.2) is 36.5 Å². The normalized spacial score (nSPS) is 29.5. The van der Waals surface area contributed by atoms with Crippen LogP contribution >= 0.6 is 0 Å². The van der Waals surface area contributed by atoms with Crippen molar-refractivity contribution in [1.29, 1.82) is 0 Å². The second-order valence-electron chi connectivity index (χ2n) is 6.70. The van der Waals surface area contributed by atoms with Crippen molar-refractivity contribution >= 4 is 5.91 Å². The van der Waals surface area contributed by atoms with Gasteiger partial charge in [-0.15, -0.1) is 0 Å². The highest BCUT2D eigenvalue weighted by Crippen LogP contribution is 2.45. The van der Waals surface area contributed by atoms with E-state index < -0.39 is 0 Å². The number of nitrogens with one attached hydrogen (secondary N) is 1. The molecule has 2 rings (SSSR count). The second kappa shape index (κ2) is 10.1. The number of hydroxylamine groups is 1. The topological polar surface area (TPSA) is 67.8 Å². The van der Waals surface area contributed by atoms with E-state index in [0.717, 1.165) is 38.9 Å². The summed E-state index contributed by atoms with van der Waals surface area (Å²) < 4.78 is 12.0. The van der Waals surface area contributed by atoms with Crippen LogP contribution in [0.1, 0.15) is 58.3 Å². The lowest BCUT2D eigenvalue weighted by atomic mass is 9.78. The molecule has 2 aliphatic heterocycles. The zero-order valence-electron chi connectivity index (χ0n) is 14.2. The van der Waals surface area contributed by atoms with Crippen LogP contribution in [0.2, 0.25) is 0 Å². The van der Waals surface area contributed by atoms with Crippen molar-refractivity contribution in [3.05, 3.63) is 12.2 Å². The van der Waals surface area contributed by atoms with Crippen molar-refractivity contribution in [2.75, 3.05) is 13.2 Å². The highest BCUT2D eigenvalue weighted by molar-refractivity contribution is 5.76. The van der Waals surface area contributed by atoms with E-state index >= 15 is 0 Å². The fraction of sp³-hybridized carbons (Fsp3) is 0.833. The molecular formula is C18H31NO4. The van der Waals surface area contributed by atoms with Crippen molar-refractivity contribution in [2.24, 2.45) is 11.8 Å². The van der Waals surface area contributed by atoms with Crippen LogP contribution in [0.5, 0.6) is 0 Å². The Morgan fingerprint density at radius 1 is 1.22 bits per heavy atom. The van der Waals surface area contributed by atoms with Gasteiger partial charge in [0.1, 0.15) is 0 Å². The number of allylic oxidation sites excluding steroid dienone is 1. The minimum Gasteiger partial charge on any atom is -0.381 e. The van der Waals surface area contributed by atoms with Gasteiger partial charge in [0.15, 0.2) is 0 Å². The summed E-state index contributed by atoms with van der Waals surface area (Å²) in [6, 6.07) is 0. The summed E-state index contributed by atoms with van der Waals surface area (Å²) in [5.74, 6) is 0.603. The molecule has 0 spiro atoms. The molecule has 0 aromatic rings. The Morgan fingerprint density at radius 3 is 2.74 bits per heavy atom. The van der Waals surface area contributed by atoms with Gasteiger partial charge in [0.2, 0.25) is 5.91 Å². The number of ether oxygens (including phenoxy) is 2. The van der Waals surface area contributed by atoms with Crippen LogP contribution in [0.15, 0.2) is 12.2 Å². The van der Waals surface area contributed by atoms with Crippen LogP contribution in [0.25, 0.3) is 0 Å². The predicted octanol–water partition coefficient (Wildman–Crippen LogP) is 3.22. The van der Waals surface area contributed by atoms with Crippen LogP contribution in [0.3, 0.4) is 0 Å². The van der Waals surface area contributed by atoms with E-state index in [1.54, 1.807) is 5.48 Å². The summed E-state index contributed by atoms with van der Waals surface area (Å²) in [6.45, 7) is 3.87. The zero-order chi connectivity index (χ0) is 16.5. The van der Waals surface area contributed by atoms with Crippen molar-refractivity contribution < 1.29 is 19.5 Å². The molecule has 0 radical (unpaired) electrons. The fourth-order valence-corrected chi connectivity index (χ4v) is 3.77. The van der Waals surface area contributed by atoms with E-state index in [1.165, 1.54) is 19.3 Å². The zero-order valence-corrected chi connectivity index (χ0v) is 14.2. The third-order valence-electron chi connectivity index (χ3n) is 5.05. The van der Waals surface area contributed by atoms with Crippen molar-refractivity contribution in [2.45, 2.75) is 70.5 Å². The quantitative estimate of drug-likeness (QED) is 0.265. The van der Waals surface area contributed by atoms with Gasteiger partial charge in [-0.25, -0.2) is 5.48 Å². The predicted molar refractivity (Wildman–Crippen MR) is 88.1 cm³/mol. The first-order valence-corrected chi connectivity index (χ1v) is 9.07. The molecule has 0 unspecified atom stereocenters. The first-order chi connectivity index (χ1) is 11.3. The second-order valence-corrected chi connectivity index (χ2v) is 6.70. The molecule has 0 aromatic heterocycles. The Balaban J connectivity index is 1.70. The van der Waals surface area contributed by atoms with Gasteiger partial charge in [-0.05, 0) is 31.6 Å². The summed E-state index contributed by atoms with van der Waals surface area (Å²) >= 11 is 0. The van der Waals surface area contributed by atoms with Crippen LogP contribution in [0.4, 0.5) is 0 Å². The van der Waals surface area contributed by atoms with Crippen molar-refractivity contribution in [1.82, 2.24) is 5.48 Å². The molecule has 2 heterocycles. The van der Waals surface area contributed by atoms with Gasteiger partial charge >= 0.3 is 0 Å². The van der Waals surface area contributed by atoms with Gasteiger partial charge < -0.3 is 9.47 Å². The molecule has 2 saturated heterocycles. The monoisotopic (exact) mass is 325 g/mol. The van der Waals surface area contributed by atoms with E-state index in [0.29, 0.717) is 24.0 Å². The molecule has 2 fully saturated rings. The van der Waals surface area contributed by atoms with Gasteiger partial charge in [-0.1, -0.05) is 38.3 Å². The molecule has 0 aromatic carbocycles. The Morgan fingerprint density at radius 2 is 2.00 bits per heavy atom. The largest absolute Gasteiger partial charge is 0.381 e. The summed E-state index contributed by atoms with van der Waals surface area (Å²) in [5.41, 5.74) is 1.64. The number of hydrogen-bond donors (Lipinski definition) is 2. The number of amides is 1. The van der Waals surface area contributed by atoms with Crippen LogP contribution < -0.4 is 5.48 Å². The molecule has 4 atom stereocenters. The van der Waals surface area contributed by atoms with Gasteiger partial charge in [0.25, 0.3) is 0 Å². The first kappa shape index (κ1) is 18.4. The maximum absolute atomic E-state index is 11.0. The molecule has 5 nitrogen and oxygen atoms in total. The van der Waals surface area contributed by atoms with Gasteiger partial charge in [0, 0.05) is 18.9 Å². The van der Waals surface area contributed by atoms with E-state index in [1.807, 2.05) is 12.2 Å². The molecule has 2 N–H and O–H groups in total. The molecule has 5 heteroatoms. The number of fused-ring (bicyclic) bond motifs is 2. The summed E-state index contributed by atoms with van der Waals surface area (Å²) in [5, 5.41) is 8.48. The molecule has 23 heavy (non-hydrogen) atoms. The fourth-order valence-electron chi connectivity index (χ4n) is 3.77. The number of rotatable bonds is 11. The Labute approximate surface area is 139 Å². The average Bonchev–Trinajstić information content (AvgIpc) is 3.16. The third-order valence-corrected chi connectivity index (χ3v) is 5.05.